The zero-order valence-electron chi connectivity index (χ0n) is 10.6. The third-order valence-corrected chi connectivity index (χ3v) is 2.90. The van der Waals surface area contributed by atoms with Gasteiger partial charge < -0.3 is 11.1 Å². The number of nitrogen functional groups attached to an aromatic ring is 1. The number of hydrogen-bond donors (Lipinski definition) is 2. The van der Waals surface area contributed by atoms with Gasteiger partial charge in [0.1, 0.15) is 5.82 Å². The molecule has 0 aliphatic carbocycles. The van der Waals surface area contributed by atoms with Crippen molar-refractivity contribution < 1.29 is 4.92 Å². The van der Waals surface area contributed by atoms with Crippen LogP contribution in [0.1, 0.15) is 11.3 Å². The second-order valence-corrected chi connectivity index (χ2v) is 4.09. The minimum atomic E-state index is -0.558. The summed E-state index contributed by atoms with van der Waals surface area (Å²) in [5, 5.41) is 17.8. The van der Waals surface area contributed by atoms with Gasteiger partial charge in [0.2, 0.25) is 5.82 Å². The standard InChI is InChI=1S/C11H14N6O2/c1-7-8(6-14-16(7)2)5-13-10-4-3-9(17(18)19)11(12)15-10/h3-4,6H,5H2,1-2H3,(H3,12,13,15). The van der Waals surface area contributed by atoms with Crippen molar-refractivity contribution in [1.29, 1.82) is 0 Å². The van der Waals surface area contributed by atoms with E-state index >= 15 is 0 Å². The number of rotatable bonds is 4. The first-order chi connectivity index (χ1) is 8.99. The van der Waals surface area contributed by atoms with Gasteiger partial charge in [-0.3, -0.25) is 14.8 Å². The number of pyridine rings is 1. The Bertz CT molecular complexity index is 622. The van der Waals surface area contributed by atoms with Crippen LogP contribution < -0.4 is 11.1 Å². The van der Waals surface area contributed by atoms with Crippen LogP contribution >= 0.6 is 0 Å². The third kappa shape index (κ3) is 2.62. The van der Waals surface area contributed by atoms with Crippen LogP contribution in [0.2, 0.25) is 0 Å². The van der Waals surface area contributed by atoms with E-state index in [1.54, 1.807) is 10.9 Å². The number of anilines is 2. The lowest BCUT2D eigenvalue weighted by Crippen LogP contribution is -2.05. The summed E-state index contributed by atoms with van der Waals surface area (Å²) >= 11 is 0. The quantitative estimate of drug-likeness (QED) is 0.633. The lowest BCUT2D eigenvalue weighted by molar-refractivity contribution is -0.384. The molecule has 2 heterocycles. The number of nitrogens with zero attached hydrogens (tertiary/aromatic N) is 4. The molecule has 2 aromatic rings. The van der Waals surface area contributed by atoms with E-state index in [1.807, 2.05) is 14.0 Å². The maximum atomic E-state index is 10.6. The number of nitrogens with one attached hydrogen (secondary N) is 1. The molecule has 0 saturated carbocycles. The molecule has 2 aromatic heterocycles. The number of nitrogens with two attached hydrogens (primary N) is 1. The lowest BCUT2D eigenvalue weighted by Gasteiger charge is -2.06. The zero-order valence-corrected chi connectivity index (χ0v) is 10.6. The average molecular weight is 262 g/mol. The molecule has 19 heavy (non-hydrogen) atoms. The third-order valence-electron chi connectivity index (χ3n) is 2.90. The minimum Gasteiger partial charge on any atom is -0.378 e. The molecule has 0 aromatic carbocycles. The summed E-state index contributed by atoms with van der Waals surface area (Å²) in [5.74, 6) is 0.393. The van der Waals surface area contributed by atoms with Crippen LogP contribution in [0, 0.1) is 17.0 Å². The number of aromatic nitrogens is 3. The maximum absolute atomic E-state index is 10.6. The molecular formula is C11H14N6O2. The molecule has 0 unspecified atom stereocenters. The molecule has 100 valence electrons. The van der Waals surface area contributed by atoms with Crippen LogP contribution in [0.3, 0.4) is 0 Å². The van der Waals surface area contributed by atoms with Crippen LogP contribution in [0.5, 0.6) is 0 Å². The highest BCUT2D eigenvalue weighted by Crippen LogP contribution is 2.21. The summed E-state index contributed by atoms with van der Waals surface area (Å²) < 4.78 is 1.77. The highest BCUT2D eigenvalue weighted by atomic mass is 16.6. The monoisotopic (exact) mass is 262 g/mol. The topological polar surface area (TPSA) is 112 Å². The van der Waals surface area contributed by atoms with Gasteiger partial charge in [0.05, 0.1) is 11.1 Å². The summed E-state index contributed by atoms with van der Waals surface area (Å²) in [5.41, 5.74) is 7.40. The normalized spacial score (nSPS) is 10.4. The van der Waals surface area contributed by atoms with E-state index in [4.69, 9.17) is 5.73 Å². The molecule has 0 aliphatic heterocycles. The van der Waals surface area contributed by atoms with Gasteiger partial charge in [-0.05, 0) is 13.0 Å². The Balaban J connectivity index is 2.10. The van der Waals surface area contributed by atoms with Gasteiger partial charge in [-0.2, -0.15) is 5.10 Å². The maximum Gasteiger partial charge on any atom is 0.311 e. The number of nitro groups is 1. The predicted octanol–water partition coefficient (Wildman–Crippen LogP) is 1.23. The van der Waals surface area contributed by atoms with E-state index < -0.39 is 4.92 Å². The Morgan fingerprint density at radius 1 is 1.53 bits per heavy atom. The van der Waals surface area contributed by atoms with Crippen molar-refractivity contribution in [1.82, 2.24) is 14.8 Å². The highest BCUT2D eigenvalue weighted by Gasteiger charge is 2.13. The summed E-state index contributed by atoms with van der Waals surface area (Å²) in [6.07, 6.45) is 1.76. The van der Waals surface area contributed by atoms with Gasteiger partial charge in [-0.1, -0.05) is 0 Å². The minimum absolute atomic E-state index is 0.0992. The molecule has 0 bridgehead atoms. The van der Waals surface area contributed by atoms with E-state index in [-0.39, 0.29) is 11.5 Å². The van der Waals surface area contributed by atoms with Crippen LogP contribution in [0.15, 0.2) is 18.3 Å². The molecule has 0 radical (unpaired) electrons. The fourth-order valence-corrected chi connectivity index (χ4v) is 1.62. The Labute approximate surface area is 109 Å². The first kappa shape index (κ1) is 12.8. The fourth-order valence-electron chi connectivity index (χ4n) is 1.62. The van der Waals surface area contributed by atoms with Crippen molar-refractivity contribution in [2.75, 3.05) is 11.1 Å². The van der Waals surface area contributed by atoms with Gasteiger partial charge >= 0.3 is 5.69 Å². The molecular weight excluding hydrogens is 248 g/mol. The molecule has 0 saturated heterocycles. The van der Waals surface area contributed by atoms with Crippen LogP contribution in [0.25, 0.3) is 0 Å². The number of aryl methyl sites for hydroxylation is 1. The molecule has 8 heteroatoms. The Kier molecular flexibility index (Phi) is 3.32. The molecule has 3 N–H and O–H groups in total. The van der Waals surface area contributed by atoms with Crippen LogP contribution in [-0.2, 0) is 13.6 Å². The Hall–Kier alpha value is -2.64. The van der Waals surface area contributed by atoms with Crippen LogP contribution in [0.4, 0.5) is 17.3 Å². The van der Waals surface area contributed by atoms with Crippen LogP contribution in [-0.4, -0.2) is 19.7 Å². The molecule has 0 fully saturated rings. The molecule has 0 amide bonds. The molecule has 8 nitrogen and oxygen atoms in total. The smallest absolute Gasteiger partial charge is 0.311 e. The van der Waals surface area contributed by atoms with E-state index in [1.165, 1.54) is 12.1 Å². The molecule has 2 rings (SSSR count). The first-order valence-corrected chi connectivity index (χ1v) is 5.61. The summed E-state index contributed by atoms with van der Waals surface area (Å²) in [7, 11) is 1.86. The van der Waals surface area contributed by atoms with Gasteiger partial charge in [0, 0.05) is 30.9 Å². The van der Waals surface area contributed by atoms with Gasteiger partial charge in [0.15, 0.2) is 0 Å². The Morgan fingerprint density at radius 3 is 2.79 bits per heavy atom. The molecule has 0 atom stereocenters. The van der Waals surface area contributed by atoms with Crippen molar-refractivity contribution in [3.63, 3.8) is 0 Å². The average Bonchev–Trinajstić information content (AvgIpc) is 2.67. The summed E-state index contributed by atoms with van der Waals surface area (Å²) in [6.45, 7) is 2.49. The van der Waals surface area contributed by atoms with Crippen molar-refractivity contribution >= 4 is 17.3 Å². The first-order valence-electron chi connectivity index (χ1n) is 5.61. The SMILES string of the molecule is Cc1c(CNc2ccc([N+](=O)[O-])c(N)n2)cnn1C. The van der Waals surface area contributed by atoms with Crippen molar-refractivity contribution in [2.45, 2.75) is 13.5 Å². The molecule has 0 spiro atoms. The van der Waals surface area contributed by atoms with E-state index in [2.05, 4.69) is 15.4 Å². The largest absolute Gasteiger partial charge is 0.378 e. The van der Waals surface area contributed by atoms with Crippen molar-refractivity contribution in [3.05, 3.63) is 39.7 Å². The second kappa shape index (κ2) is 4.92. The van der Waals surface area contributed by atoms with E-state index in [0.717, 1.165) is 11.3 Å². The summed E-state index contributed by atoms with van der Waals surface area (Å²) in [4.78, 5) is 14.0. The van der Waals surface area contributed by atoms with E-state index in [9.17, 15) is 10.1 Å². The van der Waals surface area contributed by atoms with Crippen molar-refractivity contribution in [2.24, 2.45) is 7.05 Å². The Morgan fingerprint density at radius 2 is 2.26 bits per heavy atom. The second-order valence-electron chi connectivity index (χ2n) is 4.09. The number of hydrogen-bond acceptors (Lipinski definition) is 6. The van der Waals surface area contributed by atoms with Gasteiger partial charge in [-0.15, -0.1) is 0 Å². The lowest BCUT2D eigenvalue weighted by atomic mass is 10.2. The van der Waals surface area contributed by atoms with Gasteiger partial charge in [-0.25, -0.2) is 4.98 Å². The van der Waals surface area contributed by atoms with E-state index in [0.29, 0.717) is 12.4 Å². The highest BCUT2D eigenvalue weighted by molar-refractivity contribution is 5.57. The predicted molar refractivity (Wildman–Crippen MR) is 70.6 cm³/mol. The van der Waals surface area contributed by atoms with Crippen molar-refractivity contribution in [3.8, 4) is 0 Å². The summed E-state index contributed by atoms with van der Waals surface area (Å²) in [6, 6.07) is 2.86. The fraction of sp³-hybridized carbons (Fsp3) is 0.273. The van der Waals surface area contributed by atoms with Gasteiger partial charge in [0.25, 0.3) is 0 Å². The molecule has 0 aliphatic rings. The zero-order chi connectivity index (χ0) is 14.0.